The molecular formula is C26H40O8. The Morgan fingerprint density at radius 1 is 1.03 bits per heavy atom. The number of fused-ring (bicyclic) bond motifs is 3. The number of hydrogen-bond donors (Lipinski definition) is 5. The van der Waals surface area contributed by atoms with E-state index in [0.717, 1.165) is 50.5 Å². The Kier molecular flexibility index (Phi) is 5.98. The van der Waals surface area contributed by atoms with Crippen LogP contribution < -0.4 is 0 Å². The van der Waals surface area contributed by atoms with Crippen LogP contribution in [0.5, 0.6) is 0 Å². The zero-order valence-corrected chi connectivity index (χ0v) is 20.2. The van der Waals surface area contributed by atoms with Gasteiger partial charge in [0.05, 0.1) is 18.1 Å². The first-order chi connectivity index (χ1) is 16.0. The molecule has 34 heavy (non-hydrogen) atoms. The highest BCUT2D eigenvalue weighted by atomic mass is 16.7. The van der Waals surface area contributed by atoms with Crippen molar-refractivity contribution in [1.29, 1.82) is 0 Å². The highest BCUT2D eigenvalue weighted by Crippen LogP contribution is 2.72. The molecule has 9 unspecified atom stereocenters. The standard InChI is InChI=1S/C26H40O8/c1-13-14-5-6-17-24(2)8-4-9-25(3,16(24)7-10-26(17,11-14)21(13)31)23(32)34-22-20(30)19(29)18(28)15(12-27)33-22/h14-22,27-31H,1,4-12H2,2-3H3/t14?,15?,16?,17?,18?,19?,20?,21?,22?,24-,25-,26-/m1/s1. The van der Waals surface area contributed by atoms with Gasteiger partial charge in [0.1, 0.15) is 24.4 Å². The SMILES string of the molecule is C=C1C2CCC3[C@]4(C)CCC[C@@](C)(C(=O)OC5OC(CO)C(O)C(O)C5O)C4CC[C@]3(C2)C1O. The second kappa shape index (κ2) is 8.25. The van der Waals surface area contributed by atoms with Gasteiger partial charge in [-0.25, -0.2) is 0 Å². The van der Waals surface area contributed by atoms with Gasteiger partial charge in [0.15, 0.2) is 0 Å². The number of carbonyl (C=O) groups excluding carboxylic acids is 1. The Morgan fingerprint density at radius 3 is 2.47 bits per heavy atom. The lowest BCUT2D eigenvalue weighted by atomic mass is 9.40. The van der Waals surface area contributed by atoms with Crippen molar-refractivity contribution in [2.75, 3.05) is 6.61 Å². The van der Waals surface area contributed by atoms with Crippen molar-refractivity contribution in [2.24, 2.45) is 34.0 Å². The Bertz CT molecular complexity index is 845. The molecule has 4 saturated carbocycles. The number of aliphatic hydroxyl groups excluding tert-OH is 5. The lowest BCUT2D eigenvalue weighted by molar-refractivity contribution is -0.298. The minimum Gasteiger partial charge on any atom is -0.432 e. The Hall–Kier alpha value is -1.03. The molecule has 8 nitrogen and oxygen atoms in total. The van der Waals surface area contributed by atoms with Crippen molar-refractivity contribution in [3.05, 3.63) is 12.2 Å². The molecule has 0 aromatic heterocycles. The van der Waals surface area contributed by atoms with E-state index in [2.05, 4.69) is 13.5 Å². The van der Waals surface area contributed by atoms with Crippen LogP contribution in [0.3, 0.4) is 0 Å². The smallest absolute Gasteiger partial charge is 0.314 e. The van der Waals surface area contributed by atoms with Crippen LogP contribution in [0.4, 0.5) is 0 Å². The van der Waals surface area contributed by atoms with E-state index in [1.807, 2.05) is 6.92 Å². The summed E-state index contributed by atoms with van der Waals surface area (Å²) in [6.07, 6.45) is -0.507. The minimum absolute atomic E-state index is 0.0550. The predicted octanol–water partition coefficient (Wildman–Crippen LogP) is 1.27. The molecule has 5 N–H and O–H groups in total. The first-order valence-electron chi connectivity index (χ1n) is 12.9. The van der Waals surface area contributed by atoms with E-state index in [1.54, 1.807) is 0 Å². The van der Waals surface area contributed by atoms with Gasteiger partial charge in [-0.3, -0.25) is 4.79 Å². The van der Waals surface area contributed by atoms with Gasteiger partial charge in [-0.1, -0.05) is 19.9 Å². The molecule has 5 aliphatic rings. The zero-order chi connectivity index (χ0) is 24.6. The quantitative estimate of drug-likeness (QED) is 0.301. The number of esters is 1. The fourth-order valence-corrected chi connectivity index (χ4v) is 9.01. The van der Waals surface area contributed by atoms with Crippen LogP contribution in [0.15, 0.2) is 12.2 Å². The summed E-state index contributed by atoms with van der Waals surface area (Å²) in [5.74, 6) is 0.287. The molecule has 1 saturated heterocycles. The fourth-order valence-electron chi connectivity index (χ4n) is 9.01. The molecule has 192 valence electrons. The van der Waals surface area contributed by atoms with Gasteiger partial charge in [0.25, 0.3) is 0 Å². The third kappa shape index (κ3) is 3.22. The van der Waals surface area contributed by atoms with Gasteiger partial charge in [-0.2, -0.15) is 0 Å². The minimum atomic E-state index is -1.61. The summed E-state index contributed by atoms with van der Waals surface area (Å²) in [4.78, 5) is 13.7. The topological polar surface area (TPSA) is 137 Å². The second-order valence-electron chi connectivity index (χ2n) is 12.2. The van der Waals surface area contributed by atoms with E-state index in [1.165, 1.54) is 0 Å². The van der Waals surface area contributed by atoms with Crippen LogP contribution in [0.1, 0.15) is 65.2 Å². The van der Waals surface area contributed by atoms with Crippen molar-refractivity contribution in [1.82, 2.24) is 0 Å². The van der Waals surface area contributed by atoms with Crippen molar-refractivity contribution >= 4 is 5.97 Å². The predicted molar refractivity (Wildman–Crippen MR) is 121 cm³/mol. The molecule has 2 bridgehead atoms. The fraction of sp³-hybridized carbons (Fsp3) is 0.885. The van der Waals surface area contributed by atoms with Gasteiger partial charge in [0, 0.05) is 5.41 Å². The van der Waals surface area contributed by atoms with Crippen LogP contribution in [-0.4, -0.2) is 74.9 Å². The normalized spacial score (nSPS) is 54.8. The maximum Gasteiger partial charge on any atom is 0.314 e. The lowest BCUT2D eigenvalue weighted by Gasteiger charge is -2.64. The van der Waals surface area contributed by atoms with Crippen LogP contribution in [0.2, 0.25) is 0 Å². The van der Waals surface area contributed by atoms with E-state index in [9.17, 15) is 30.3 Å². The summed E-state index contributed by atoms with van der Waals surface area (Å²) in [7, 11) is 0. The molecule has 0 aromatic rings. The first-order valence-corrected chi connectivity index (χ1v) is 12.9. The monoisotopic (exact) mass is 480 g/mol. The largest absolute Gasteiger partial charge is 0.432 e. The summed E-state index contributed by atoms with van der Waals surface area (Å²) in [5, 5.41) is 51.2. The van der Waals surface area contributed by atoms with Gasteiger partial charge >= 0.3 is 5.97 Å². The van der Waals surface area contributed by atoms with Crippen molar-refractivity contribution in [3.63, 3.8) is 0 Å². The molecule has 0 radical (unpaired) electrons. The van der Waals surface area contributed by atoms with Crippen LogP contribution in [-0.2, 0) is 14.3 Å². The third-order valence-corrected chi connectivity index (χ3v) is 10.8. The summed E-state index contributed by atoms with van der Waals surface area (Å²) >= 11 is 0. The second-order valence-corrected chi connectivity index (χ2v) is 12.2. The van der Waals surface area contributed by atoms with Crippen LogP contribution >= 0.6 is 0 Å². The van der Waals surface area contributed by atoms with Crippen molar-refractivity contribution in [3.8, 4) is 0 Å². The van der Waals surface area contributed by atoms with E-state index < -0.39 is 54.8 Å². The van der Waals surface area contributed by atoms with E-state index >= 15 is 0 Å². The summed E-state index contributed by atoms with van der Waals surface area (Å²) in [6, 6.07) is 0. The van der Waals surface area contributed by atoms with E-state index in [4.69, 9.17) is 9.47 Å². The molecule has 1 spiro atoms. The molecular weight excluding hydrogens is 440 g/mol. The molecule has 0 amide bonds. The maximum absolute atomic E-state index is 13.7. The first kappa shape index (κ1) is 24.7. The van der Waals surface area contributed by atoms with Gasteiger partial charge in [-0.15, -0.1) is 0 Å². The third-order valence-electron chi connectivity index (χ3n) is 10.8. The van der Waals surface area contributed by atoms with Crippen molar-refractivity contribution < 1.29 is 39.8 Å². The Balaban J connectivity index is 1.40. The number of hydrogen-bond acceptors (Lipinski definition) is 8. The number of ether oxygens (including phenoxy) is 2. The summed E-state index contributed by atoms with van der Waals surface area (Å²) in [5.41, 5.74) is -0.0868. The Labute approximate surface area is 201 Å². The van der Waals surface area contributed by atoms with Gasteiger partial charge in [-0.05, 0) is 80.6 Å². The van der Waals surface area contributed by atoms with E-state index in [-0.39, 0.29) is 16.7 Å². The van der Waals surface area contributed by atoms with Gasteiger partial charge in [0.2, 0.25) is 6.29 Å². The summed E-state index contributed by atoms with van der Waals surface area (Å²) < 4.78 is 11.1. The molecule has 0 aromatic carbocycles. The number of carbonyl (C=O) groups is 1. The summed E-state index contributed by atoms with van der Waals surface area (Å²) in [6.45, 7) is 7.88. The maximum atomic E-state index is 13.7. The van der Waals surface area contributed by atoms with Crippen LogP contribution in [0.25, 0.3) is 0 Å². The number of aliphatic hydroxyl groups is 5. The van der Waals surface area contributed by atoms with Crippen LogP contribution in [0, 0.1) is 34.0 Å². The van der Waals surface area contributed by atoms with Gasteiger partial charge < -0.3 is 35.0 Å². The average Bonchev–Trinajstić information content (AvgIpc) is 2.98. The molecule has 1 aliphatic heterocycles. The van der Waals surface area contributed by atoms with E-state index in [0.29, 0.717) is 18.3 Å². The lowest BCUT2D eigenvalue weighted by Crippen LogP contribution is -2.62. The number of rotatable bonds is 3. The molecule has 8 heteroatoms. The highest BCUT2D eigenvalue weighted by Gasteiger charge is 2.68. The molecule has 5 fully saturated rings. The molecule has 4 aliphatic carbocycles. The average molecular weight is 481 g/mol. The zero-order valence-electron chi connectivity index (χ0n) is 20.2. The molecule has 5 rings (SSSR count). The highest BCUT2D eigenvalue weighted by molar-refractivity contribution is 5.77. The Morgan fingerprint density at radius 2 is 1.76 bits per heavy atom. The van der Waals surface area contributed by atoms with Crippen molar-refractivity contribution in [2.45, 2.75) is 102 Å². The molecule has 12 atom stereocenters. The molecule has 1 heterocycles.